The van der Waals surface area contributed by atoms with Crippen LogP contribution in [0.4, 0.5) is 10.5 Å². The van der Waals surface area contributed by atoms with E-state index in [1.165, 1.54) is 0 Å². The van der Waals surface area contributed by atoms with Gasteiger partial charge in [-0.2, -0.15) is 0 Å². The molecule has 0 spiro atoms. The first kappa shape index (κ1) is 20.7. The smallest absolute Gasteiger partial charge is 0.294 e. The van der Waals surface area contributed by atoms with Crippen molar-refractivity contribution in [2.45, 2.75) is 20.8 Å². The van der Waals surface area contributed by atoms with E-state index in [2.05, 4.69) is 5.32 Å². The number of amides is 3. The van der Waals surface area contributed by atoms with Gasteiger partial charge in [-0.15, -0.1) is 0 Å². The number of imide groups is 1. The molecule has 1 saturated heterocycles. The van der Waals surface area contributed by atoms with Crippen LogP contribution in [0.3, 0.4) is 0 Å². The Morgan fingerprint density at radius 2 is 1.97 bits per heavy atom. The van der Waals surface area contributed by atoms with Crippen LogP contribution in [0.15, 0.2) is 47.4 Å². The molecule has 0 saturated carbocycles. The fourth-order valence-corrected chi connectivity index (χ4v) is 3.77. The van der Waals surface area contributed by atoms with E-state index in [1.54, 1.807) is 12.1 Å². The Morgan fingerprint density at radius 3 is 2.69 bits per heavy atom. The van der Waals surface area contributed by atoms with Crippen molar-refractivity contribution in [2.75, 3.05) is 18.5 Å². The number of rotatable bonds is 6. The van der Waals surface area contributed by atoms with Gasteiger partial charge in [0, 0.05) is 5.69 Å². The van der Waals surface area contributed by atoms with Gasteiger partial charge >= 0.3 is 0 Å². The van der Waals surface area contributed by atoms with Crippen LogP contribution in [0, 0.1) is 13.8 Å². The van der Waals surface area contributed by atoms with E-state index >= 15 is 0 Å². The van der Waals surface area contributed by atoms with Crippen LogP contribution in [-0.2, 0) is 9.59 Å². The summed E-state index contributed by atoms with van der Waals surface area (Å²) >= 11 is 0.827. The molecule has 1 aliphatic rings. The first-order valence-electron chi connectivity index (χ1n) is 9.22. The van der Waals surface area contributed by atoms with E-state index in [0.29, 0.717) is 18.0 Å². The van der Waals surface area contributed by atoms with Gasteiger partial charge in [0.2, 0.25) is 5.91 Å². The normalized spacial score (nSPS) is 15.1. The zero-order valence-corrected chi connectivity index (χ0v) is 17.3. The standard InChI is InChI=1S/C22H22N2O4S/c1-4-28-17-7-5-6-16(11-17)12-19-21(26)24(22(27)29-19)13-20(25)23-18-9-8-14(2)10-15(18)3/h5-12H,4,13H2,1-3H3,(H,23,25)/b19-12-. The van der Waals surface area contributed by atoms with E-state index < -0.39 is 17.1 Å². The summed E-state index contributed by atoms with van der Waals surface area (Å²) in [4.78, 5) is 38.5. The van der Waals surface area contributed by atoms with Crippen molar-refractivity contribution in [3.8, 4) is 5.75 Å². The lowest BCUT2D eigenvalue weighted by Gasteiger charge is -2.14. The lowest BCUT2D eigenvalue weighted by Crippen LogP contribution is -2.36. The number of ether oxygens (including phenoxy) is 1. The summed E-state index contributed by atoms with van der Waals surface area (Å²) in [6.45, 7) is 5.96. The van der Waals surface area contributed by atoms with Gasteiger partial charge in [0.05, 0.1) is 11.5 Å². The SMILES string of the molecule is CCOc1cccc(/C=C2\SC(=O)N(CC(=O)Nc3ccc(C)cc3C)C2=O)c1. The second kappa shape index (κ2) is 8.96. The molecule has 3 amide bonds. The first-order chi connectivity index (χ1) is 13.9. The Balaban J connectivity index is 1.70. The Kier molecular flexibility index (Phi) is 6.39. The van der Waals surface area contributed by atoms with Crippen LogP contribution in [0.5, 0.6) is 5.75 Å². The van der Waals surface area contributed by atoms with Gasteiger partial charge in [0.15, 0.2) is 0 Å². The first-order valence-corrected chi connectivity index (χ1v) is 10.0. The highest BCUT2D eigenvalue weighted by Crippen LogP contribution is 2.32. The number of hydrogen-bond donors (Lipinski definition) is 1. The molecule has 0 atom stereocenters. The number of nitrogens with zero attached hydrogens (tertiary/aromatic N) is 1. The highest BCUT2D eigenvalue weighted by atomic mass is 32.2. The van der Waals surface area contributed by atoms with E-state index in [-0.39, 0.29) is 11.4 Å². The average Bonchev–Trinajstić information content (AvgIpc) is 2.92. The molecule has 3 rings (SSSR count). The van der Waals surface area contributed by atoms with Gasteiger partial charge in [-0.3, -0.25) is 19.3 Å². The third-order valence-electron chi connectivity index (χ3n) is 4.30. The van der Waals surface area contributed by atoms with Gasteiger partial charge in [-0.1, -0.05) is 29.8 Å². The molecule has 2 aromatic rings. The summed E-state index contributed by atoms with van der Waals surface area (Å²) in [5, 5.41) is 2.30. The molecular weight excluding hydrogens is 388 g/mol. The zero-order valence-electron chi connectivity index (χ0n) is 16.5. The number of nitrogens with one attached hydrogen (secondary N) is 1. The third-order valence-corrected chi connectivity index (χ3v) is 5.21. The summed E-state index contributed by atoms with van der Waals surface area (Å²) in [5.41, 5.74) is 3.42. The van der Waals surface area contributed by atoms with Crippen LogP contribution in [0.1, 0.15) is 23.6 Å². The van der Waals surface area contributed by atoms with Crippen LogP contribution in [-0.4, -0.2) is 35.1 Å². The maximum Gasteiger partial charge on any atom is 0.294 e. The predicted molar refractivity (Wildman–Crippen MR) is 115 cm³/mol. The Labute approximate surface area is 173 Å². The minimum atomic E-state index is -0.474. The van der Waals surface area contributed by atoms with E-state index in [4.69, 9.17) is 4.74 Å². The van der Waals surface area contributed by atoms with E-state index in [9.17, 15) is 14.4 Å². The lowest BCUT2D eigenvalue weighted by atomic mass is 10.1. The molecule has 150 valence electrons. The molecule has 0 aliphatic carbocycles. The third kappa shape index (κ3) is 5.06. The quantitative estimate of drug-likeness (QED) is 0.716. The van der Waals surface area contributed by atoms with E-state index in [1.807, 2.05) is 57.2 Å². The number of benzene rings is 2. The van der Waals surface area contributed by atoms with Gasteiger partial charge in [0.1, 0.15) is 12.3 Å². The molecule has 0 unspecified atom stereocenters. The molecule has 1 fully saturated rings. The van der Waals surface area contributed by atoms with Crippen molar-refractivity contribution in [2.24, 2.45) is 0 Å². The minimum Gasteiger partial charge on any atom is -0.494 e. The fraction of sp³-hybridized carbons (Fsp3) is 0.227. The van der Waals surface area contributed by atoms with Crippen LogP contribution >= 0.6 is 11.8 Å². The summed E-state index contributed by atoms with van der Waals surface area (Å²) in [5.74, 6) is -0.204. The molecule has 7 heteroatoms. The fourth-order valence-electron chi connectivity index (χ4n) is 2.94. The molecule has 1 N–H and O–H groups in total. The van der Waals surface area contributed by atoms with Crippen molar-refractivity contribution >= 4 is 40.6 Å². The molecule has 1 heterocycles. The Hall–Kier alpha value is -3.06. The number of aryl methyl sites for hydroxylation is 2. The van der Waals surface area contributed by atoms with Crippen molar-refractivity contribution < 1.29 is 19.1 Å². The van der Waals surface area contributed by atoms with Gasteiger partial charge in [-0.05, 0) is 67.9 Å². The van der Waals surface area contributed by atoms with Gasteiger partial charge < -0.3 is 10.1 Å². The maximum absolute atomic E-state index is 12.6. The predicted octanol–water partition coefficient (Wildman–Crippen LogP) is 4.38. The van der Waals surface area contributed by atoms with Crippen molar-refractivity contribution in [3.63, 3.8) is 0 Å². The summed E-state index contributed by atoms with van der Waals surface area (Å²) < 4.78 is 5.45. The van der Waals surface area contributed by atoms with Crippen molar-refractivity contribution in [3.05, 3.63) is 64.1 Å². The van der Waals surface area contributed by atoms with Crippen molar-refractivity contribution in [1.82, 2.24) is 4.90 Å². The molecule has 2 aromatic carbocycles. The highest BCUT2D eigenvalue weighted by Gasteiger charge is 2.36. The second-order valence-corrected chi connectivity index (χ2v) is 7.63. The second-order valence-electron chi connectivity index (χ2n) is 6.64. The Bertz CT molecular complexity index is 1000. The topological polar surface area (TPSA) is 75.7 Å². The molecule has 0 bridgehead atoms. The Morgan fingerprint density at radius 1 is 1.17 bits per heavy atom. The molecule has 0 radical (unpaired) electrons. The van der Waals surface area contributed by atoms with Crippen LogP contribution < -0.4 is 10.1 Å². The number of anilines is 1. The minimum absolute atomic E-state index is 0.281. The molecular formula is C22H22N2O4S. The number of thioether (sulfide) groups is 1. The maximum atomic E-state index is 12.6. The number of hydrogen-bond acceptors (Lipinski definition) is 5. The number of carbonyl (C=O) groups is 3. The molecule has 29 heavy (non-hydrogen) atoms. The highest BCUT2D eigenvalue weighted by molar-refractivity contribution is 8.18. The summed E-state index contributed by atoms with van der Waals surface area (Å²) in [6.07, 6.45) is 1.63. The molecule has 0 aromatic heterocycles. The van der Waals surface area contributed by atoms with Crippen LogP contribution in [0.2, 0.25) is 0 Å². The molecule has 6 nitrogen and oxygen atoms in total. The monoisotopic (exact) mass is 410 g/mol. The van der Waals surface area contributed by atoms with Crippen LogP contribution in [0.25, 0.3) is 6.08 Å². The van der Waals surface area contributed by atoms with Gasteiger partial charge in [-0.25, -0.2) is 0 Å². The number of carbonyl (C=O) groups excluding carboxylic acids is 3. The largest absolute Gasteiger partial charge is 0.494 e. The zero-order chi connectivity index (χ0) is 21.0. The van der Waals surface area contributed by atoms with Gasteiger partial charge in [0.25, 0.3) is 11.1 Å². The lowest BCUT2D eigenvalue weighted by molar-refractivity contribution is -0.127. The van der Waals surface area contributed by atoms with E-state index in [0.717, 1.165) is 33.4 Å². The average molecular weight is 410 g/mol. The summed E-state index contributed by atoms with van der Waals surface area (Å²) in [7, 11) is 0. The van der Waals surface area contributed by atoms with Crippen molar-refractivity contribution in [1.29, 1.82) is 0 Å². The summed E-state index contributed by atoms with van der Waals surface area (Å²) in [6, 6.07) is 12.9. The molecule has 1 aliphatic heterocycles.